The van der Waals surface area contributed by atoms with Gasteiger partial charge in [-0.25, -0.2) is 21.4 Å². The fraction of sp³-hybridized carbons (Fsp3) is 0.472. The molecular formula is C53H63N4Na3O13S4. The predicted octanol–water partition coefficient (Wildman–Crippen LogP) is -1.89. The Morgan fingerprint density at radius 3 is 2.06 bits per heavy atom. The molecule has 4 unspecified atom stereocenters. The van der Waals surface area contributed by atoms with Crippen LogP contribution in [-0.2, 0) is 54.6 Å². The maximum atomic E-state index is 13.2. The summed E-state index contributed by atoms with van der Waals surface area (Å²) in [7, 11) is -9.23. The molecule has 1 aliphatic carbocycles. The van der Waals surface area contributed by atoms with Crippen molar-refractivity contribution in [3.8, 4) is 0 Å². The molecule has 4 aromatic carbocycles. The molecule has 0 aromatic heterocycles. The van der Waals surface area contributed by atoms with E-state index in [1.54, 1.807) is 6.07 Å². The zero-order chi connectivity index (χ0) is 53.5. The normalized spacial score (nSPS) is 21.0. The molecule has 0 N–H and O–H groups in total. The van der Waals surface area contributed by atoms with Gasteiger partial charge in [-0.2, -0.15) is 8.67 Å². The SMILES string of the molecule is CC(CCN1c2ccc3cc(S(=O)(=O)[O-])ccc3c2C(C)(C)C1/C=C/C1CC/C(=C/C=C2\N(CCC(C)S(=O)(=O)[O-])c3ccc4cc(SOO[O-])ccc4c3C2(C)C)C1=[N+]1CCN(C(=O)C(C)C)CC1)SOO[O-].[Na+].[Na+].[Na+]. The number of nitrogens with zero attached hydrogens (tertiary/aromatic N) is 4. The minimum atomic E-state index is -4.69. The fourth-order valence-corrected chi connectivity index (χ4v) is 13.2. The van der Waals surface area contributed by atoms with E-state index in [0.717, 1.165) is 92.6 Å². The van der Waals surface area contributed by atoms with Gasteiger partial charge < -0.3 is 34.3 Å². The van der Waals surface area contributed by atoms with E-state index in [-0.39, 0.29) is 136 Å². The Bertz CT molecular complexity index is 3160. The van der Waals surface area contributed by atoms with Crippen LogP contribution in [0.15, 0.2) is 106 Å². The van der Waals surface area contributed by atoms with Crippen LogP contribution in [0.25, 0.3) is 21.5 Å². The first-order chi connectivity index (χ1) is 35.0. The molecule has 77 heavy (non-hydrogen) atoms. The van der Waals surface area contributed by atoms with Gasteiger partial charge in [0.2, 0.25) is 5.91 Å². The minimum absolute atomic E-state index is 0. The maximum Gasteiger partial charge on any atom is 1.00 e. The second kappa shape index (κ2) is 27.4. The Kier molecular flexibility index (Phi) is 23.6. The Hall–Kier alpha value is -1.36. The van der Waals surface area contributed by atoms with Gasteiger partial charge in [0.05, 0.1) is 52.1 Å². The third-order valence-corrected chi connectivity index (χ3v) is 18.6. The van der Waals surface area contributed by atoms with Gasteiger partial charge in [0.1, 0.15) is 10.1 Å². The quantitative estimate of drug-likeness (QED) is 0.0202. The van der Waals surface area contributed by atoms with Crippen molar-refractivity contribution in [3.05, 3.63) is 107 Å². The Balaban J connectivity index is 0.00000364. The smallest absolute Gasteiger partial charge is 0.748 e. The van der Waals surface area contributed by atoms with Gasteiger partial charge in [0.15, 0.2) is 18.8 Å². The third kappa shape index (κ3) is 14.4. The number of rotatable bonds is 18. The zero-order valence-electron chi connectivity index (χ0n) is 45.8. The van der Waals surface area contributed by atoms with Crippen molar-refractivity contribution in [2.24, 2.45) is 11.8 Å². The molecule has 2 fully saturated rings. The molecule has 4 aromatic rings. The summed E-state index contributed by atoms with van der Waals surface area (Å²) in [4.78, 5) is 20.0. The first kappa shape index (κ1) is 66.4. The first-order valence-corrected chi connectivity index (χ1v) is 29.2. The number of carbonyl (C=O) groups excluding carboxylic acids is 1. The molecule has 4 aliphatic rings. The molecule has 0 bridgehead atoms. The molecule has 1 amide bonds. The number of fused-ring (bicyclic) bond motifs is 6. The van der Waals surface area contributed by atoms with Crippen molar-refractivity contribution in [2.75, 3.05) is 49.1 Å². The van der Waals surface area contributed by atoms with Crippen LogP contribution in [0.4, 0.5) is 11.4 Å². The van der Waals surface area contributed by atoms with Crippen molar-refractivity contribution in [2.45, 2.75) is 118 Å². The van der Waals surface area contributed by atoms with Crippen LogP contribution in [-0.4, -0.2) is 103 Å². The molecule has 24 heteroatoms. The number of hydrogen-bond donors (Lipinski definition) is 0. The number of anilines is 2. The first-order valence-electron chi connectivity index (χ1n) is 24.8. The van der Waals surface area contributed by atoms with Crippen molar-refractivity contribution >= 4 is 88.9 Å². The monoisotopic (exact) mass is 1160 g/mol. The summed E-state index contributed by atoms with van der Waals surface area (Å²) in [5, 5.41) is 30.7. The second-order valence-corrected chi connectivity index (χ2v) is 26.1. The van der Waals surface area contributed by atoms with Crippen LogP contribution in [0.3, 0.4) is 0 Å². The predicted molar refractivity (Wildman–Crippen MR) is 280 cm³/mol. The van der Waals surface area contributed by atoms with E-state index in [4.69, 9.17) is 0 Å². The van der Waals surface area contributed by atoms with Gasteiger partial charge in [-0.05, 0) is 108 Å². The van der Waals surface area contributed by atoms with Crippen LogP contribution in [0, 0.1) is 11.8 Å². The van der Waals surface area contributed by atoms with Crippen molar-refractivity contribution < 1.29 is 153 Å². The van der Waals surface area contributed by atoms with Crippen LogP contribution in [0.1, 0.15) is 92.2 Å². The molecule has 0 radical (unpaired) electrons. The number of piperazine rings is 1. The summed E-state index contributed by atoms with van der Waals surface area (Å²) in [6.45, 7) is 19.1. The number of benzene rings is 4. The average Bonchev–Trinajstić information content (AvgIpc) is 3.98. The van der Waals surface area contributed by atoms with Gasteiger partial charge in [0, 0.05) is 79.9 Å². The van der Waals surface area contributed by atoms with Gasteiger partial charge in [-0.3, -0.25) is 14.9 Å². The summed E-state index contributed by atoms with van der Waals surface area (Å²) in [6.07, 6.45) is 11.2. The molecule has 1 saturated heterocycles. The number of hydrogen-bond acceptors (Lipinski definition) is 17. The van der Waals surface area contributed by atoms with Crippen molar-refractivity contribution in [1.29, 1.82) is 0 Å². The average molecular weight is 1160 g/mol. The number of allylic oxidation sites excluding steroid dienone is 5. The largest absolute Gasteiger partial charge is 1.00 e. The van der Waals surface area contributed by atoms with Crippen molar-refractivity contribution in [3.63, 3.8) is 0 Å². The van der Waals surface area contributed by atoms with E-state index in [1.807, 2.05) is 68.1 Å². The molecule has 3 heterocycles. The van der Waals surface area contributed by atoms with Crippen LogP contribution in [0.2, 0.25) is 0 Å². The molecule has 400 valence electrons. The van der Waals surface area contributed by atoms with Crippen molar-refractivity contribution in [1.82, 2.24) is 4.90 Å². The summed E-state index contributed by atoms with van der Waals surface area (Å²) < 4.78 is 84.5. The topological polar surface area (TPSA) is 227 Å². The molecular weight excluding hydrogens is 1100 g/mol. The van der Waals surface area contributed by atoms with Crippen LogP contribution in [0.5, 0.6) is 0 Å². The fourth-order valence-electron chi connectivity index (χ4n) is 11.5. The Morgan fingerprint density at radius 1 is 0.792 bits per heavy atom. The van der Waals surface area contributed by atoms with Gasteiger partial charge in [0.25, 0.3) is 0 Å². The summed E-state index contributed by atoms with van der Waals surface area (Å²) >= 11 is 1.76. The number of amides is 1. The minimum Gasteiger partial charge on any atom is -0.748 e. The van der Waals surface area contributed by atoms with E-state index < -0.39 is 36.3 Å². The van der Waals surface area contributed by atoms with E-state index in [0.29, 0.717) is 49.4 Å². The van der Waals surface area contributed by atoms with E-state index in [1.165, 1.54) is 19.1 Å². The summed E-state index contributed by atoms with van der Waals surface area (Å²) in [5.74, 6) is -0.0294. The van der Waals surface area contributed by atoms with E-state index in [9.17, 15) is 41.3 Å². The third-order valence-electron chi connectivity index (χ3n) is 15.3. The van der Waals surface area contributed by atoms with Crippen LogP contribution >= 0.6 is 24.1 Å². The molecule has 0 spiro atoms. The van der Waals surface area contributed by atoms with Gasteiger partial charge in [-0.15, -0.1) is 0 Å². The van der Waals surface area contributed by atoms with Gasteiger partial charge in [-0.1, -0.05) is 91.0 Å². The molecule has 17 nitrogen and oxygen atoms in total. The summed E-state index contributed by atoms with van der Waals surface area (Å²) in [5.41, 5.74) is 6.05. The molecule has 3 aliphatic heterocycles. The molecule has 8 rings (SSSR count). The molecule has 1 saturated carbocycles. The molecule has 4 atom stereocenters. The van der Waals surface area contributed by atoms with Crippen LogP contribution < -0.4 is 109 Å². The van der Waals surface area contributed by atoms with E-state index in [2.05, 4.69) is 85.1 Å². The van der Waals surface area contributed by atoms with E-state index >= 15 is 0 Å². The summed E-state index contributed by atoms with van der Waals surface area (Å²) in [6, 6.07) is 17.9. The maximum absolute atomic E-state index is 13.2. The standard InChI is InChI=1S/C53H66N4O13S4.3Na/c1-33(2)51(58)55-29-27-54(28-30-55)50-36(13-21-46-52(5,6)49-43-18-16-41(74(64,65)66)32-39(43)12-20-44(49)56(46)25-23-34(3)71-69-67-59)9-10-37(50)14-22-47-53(7,8)48-42-17-15-40(72-70-68-60)31-38(42)11-19-45(48)57(47)26-24-35(4)73(61,62)63;;;/h11-22,31-36,46H,9-10,23-30H2,1-8H3,(H3-,59,60,61,62,63,64,65,66);;;/q;3*+1/p-3/b21-13+;;;. The number of carbonyl (C=O) groups is 1. The van der Waals surface area contributed by atoms with Gasteiger partial charge >= 0.3 is 88.7 Å². The Morgan fingerprint density at radius 2 is 1.43 bits per heavy atom. The zero-order valence-corrected chi connectivity index (χ0v) is 55.0. The second-order valence-electron chi connectivity index (χ2n) is 21.0. The Labute approximate surface area is 527 Å².